The van der Waals surface area contributed by atoms with Crippen LogP contribution in [-0.4, -0.2) is 44.8 Å². The molecule has 2 aliphatic rings. The van der Waals surface area contributed by atoms with Crippen LogP contribution >= 0.6 is 0 Å². The minimum Gasteiger partial charge on any atom is -0.481 e. The molecule has 0 radical (unpaired) electrons. The summed E-state index contributed by atoms with van der Waals surface area (Å²) in [6.07, 6.45) is 2.48. The third-order valence-electron chi connectivity index (χ3n) is 5.40. The van der Waals surface area contributed by atoms with E-state index in [1.54, 1.807) is 21.7 Å². The number of halogens is 1. The molecule has 136 valence electrons. The molecule has 1 aromatic carbocycles. The lowest BCUT2D eigenvalue weighted by molar-refractivity contribution is -0.142. The van der Waals surface area contributed by atoms with Crippen molar-refractivity contribution in [2.45, 2.75) is 26.2 Å². The number of hydrogen-bond acceptors (Lipinski definition) is 3. The minimum atomic E-state index is -0.872. The van der Waals surface area contributed by atoms with Crippen LogP contribution in [0, 0.1) is 17.7 Å². The quantitative estimate of drug-likeness (QED) is 0.915. The molecule has 0 saturated carbocycles. The van der Waals surface area contributed by atoms with Gasteiger partial charge in [-0.05, 0) is 43.4 Å². The zero-order valence-electron chi connectivity index (χ0n) is 14.5. The first-order valence-electron chi connectivity index (χ1n) is 8.84. The van der Waals surface area contributed by atoms with Gasteiger partial charge in [0.1, 0.15) is 5.82 Å². The van der Waals surface area contributed by atoms with Gasteiger partial charge in [-0.2, -0.15) is 5.10 Å². The Kier molecular flexibility index (Phi) is 4.01. The SMILES string of the molecule is C[C@@H]1CN(C(=O)c2nn(-c3cccc(F)c3)c3c2CCC3)C[C@H]1C(=O)O. The van der Waals surface area contributed by atoms with Crippen LogP contribution in [0.25, 0.3) is 5.69 Å². The van der Waals surface area contributed by atoms with Crippen molar-refractivity contribution in [1.82, 2.24) is 14.7 Å². The first-order chi connectivity index (χ1) is 12.5. The van der Waals surface area contributed by atoms with Gasteiger partial charge < -0.3 is 10.0 Å². The Balaban J connectivity index is 1.69. The number of hydrogen-bond donors (Lipinski definition) is 1. The molecule has 2 aromatic rings. The Hall–Kier alpha value is -2.70. The van der Waals surface area contributed by atoms with Crippen molar-refractivity contribution in [3.8, 4) is 5.69 Å². The van der Waals surface area contributed by atoms with E-state index >= 15 is 0 Å². The number of fused-ring (bicyclic) bond motifs is 1. The second-order valence-electron chi connectivity index (χ2n) is 7.15. The van der Waals surface area contributed by atoms with Crippen molar-refractivity contribution < 1.29 is 19.1 Å². The summed E-state index contributed by atoms with van der Waals surface area (Å²) in [5.74, 6) is -2.08. The van der Waals surface area contributed by atoms with E-state index < -0.39 is 11.9 Å². The van der Waals surface area contributed by atoms with Gasteiger partial charge in [-0.1, -0.05) is 13.0 Å². The van der Waals surface area contributed by atoms with Crippen LogP contribution in [0.15, 0.2) is 24.3 Å². The number of benzene rings is 1. The number of aliphatic carboxylic acids is 1. The summed E-state index contributed by atoms with van der Waals surface area (Å²) in [7, 11) is 0. The summed E-state index contributed by atoms with van der Waals surface area (Å²) in [6.45, 7) is 2.47. The molecule has 26 heavy (non-hydrogen) atoms. The summed E-state index contributed by atoms with van der Waals surface area (Å²) in [6, 6.07) is 6.16. The third-order valence-corrected chi connectivity index (χ3v) is 5.40. The van der Waals surface area contributed by atoms with E-state index in [1.807, 2.05) is 6.92 Å². The fourth-order valence-electron chi connectivity index (χ4n) is 4.03. The number of likely N-dealkylation sites (tertiary alicyclic amines) is 1. The molecule has 2 atom stereocenters. The number of rotatable bonds is 3. The average Bonchev–Trinajstić information content (AvgIpc) is 3.28. The molecule has 0 spiro atoms. The number of carbonyl (C=O) groups excluding carboxylic acids is 1. The van der Waals surface area contributed by atoms with Gasteiger partial charge in [0.05, 0.1) is 11.6 Å². The molecule has 1 aliphatic heterocycles. The number of carboxylic acids is 1. The highest BCUT2D eigenvalue weighted by Crippen LogP contribution is 2.31. The Bertz CT molecular complexity index is 892. The standard InChI is InChI=1S/C19H20FN3O3/c1-11-9-22(10-15(11)19(25)26)18(24)17-14-6-3-7-16(14)23(21-17)13-5-2-4-12(20)8-13/h2,4-5,8,11,15H,3,6-7,9-10H2,1H3,(H,25,26)/t11-,15-/m1/s1. The highest BCUT2D eigenvalue weighted by Gasteiger charge is 2.39. The molecule has 1 aromatic heterocycles. The average molecular weight is 357 g/mol. The summed E-state index contributed by atoms with van der Waals surface area (Å²) in [5, 5.41) is 13.8. The maximum Gasteiger partial charge on any atom is 0.308 e. The van der Waals surface area contributed by atoms with Gasteiger partial charge in [0.25, 0.3) is 5.91 Å². The molecule has 0 bridgehead atoms. The fourth-order valence-corrected chi connectivity index (χ4v) is 4.03. The molecule has 0 unspecified atom stereocenters. The van der Waals surface area contributed by atoms with E-state index in [9.17, 15) is 19.1 Å². The molecule has 4 rings (SSSR count). The molecular formula is C19H20FN3O3. The minimum absolute atomic E-state index is 0.0881. The Morgan fingerprint density at radius 2 is 2.08 bits per heavy atom. The van der Waals surface area contributed by atoms with E-state index in [4.69, 9.17) is 0 Å². The van der Waals surface area contributed by atoms with E-state index in [-0.39, 0.29) is 24.2 Å². The van der Waals surface area contributed by atoms with Gasteiger partial charge in [-0.3, -0.25) is 9.59 Å². The van der Waals surface area contributed by atoms with Crippen LogP contribution in [0.2, 0.25) is 0 Å². The molecular weight excluding hydrogens is 337 g/mol. The summed E-state index contributed by atoms with van der Waals surface area (Å²) >= 11 is 0. The molecule has 1 amide bonds. The van der Waals surface area contributed by atoms with Crippen molar-refractivity contribution in [3.63, 3.8) is 0 Å². The van der Waals surface area contributed by atoms with Crippen molar-refractivity contribution >= 4 is 11.9 Å². The topological polar surface area (TPSA) is 75.4 Å². The number of nitrogens with zero attached hydrogens (tertiary/aromatic N) is 3. The van der Waals surface area contributed by atoms with E-state index in [0.717, 1.165) is 30.5 Å². The largest absolute Gasteiger partial charge is 0.481 e. The fraction of sp³-hybridized carbons (Fsp3) is 0.421. The van der Waals surface area contributed by atoms with Crippen LogP contribution in [0.1, 0.15) is 35.1 Å². The molecule has 1 fully saturated rings. The van der Waals surface area contributed by atoms with Crippen molar-refractivity contribution in [2.24, 2.45) is 11.8 Å². The smallest absolute Gasteiger partial charge is 0.308 e. The van der Waals surface area contributed by atoms with E-state index in [2.05, 4.69) is 5.10 Å². The van der Waals surface area contributed by atoms with E-state index in [1.165, 1.54) is 12.1 Å². The molecule has 1 aliphatic carbocycles. The Labute approximate surface area is 150 Å². The van der Waals surface area contributed by atoms with Crippen molar-refractivity contribution in [3.05, 3.63) is 47.0 Å². The predicted molar refractivity (Wildman–Crippen MR) is 91.7 cm³/mol. The Morgan fingerprint density at radius 1 is 1.27 bits per heavy atom. The first kappa shape index (κ1) is 16.8. The van der Waals surface area contributed by atoms with Crippen LogP contribution < -0.4 is 0 Å². The Morgan fingerprint density at radius 3 is 2.77 bits per heavy atom. The summed E-state index contributed by atoms with van der Waals surface area (Å²) < 4.78 is 15.3. The molecule has 7 heteroatoms. The maximum absolute atomic E-state index is 13.6. The van der Waals surface area contributed by atoms with Crippen molar-refractivity contribution in [2.75, 3.05) is 13.1 Å². The number of amides is 1. The second kappa shape index (κ2) is 6.23. The lowest BCUT2D eigenvalue weighted by atomic mass is 9.99. The third kappa shape index (κ3) is 2.67. The molecule has 1 N–H and O–H groups in total. The summed E-state index contributed by atoms with van der Waals surface area (Å²) in [4.78, 5) is 25.9. The van der Waals surface area contributed by atoms with Gasteiger partial charge in [0.2, 0.25) is 0 Å². The lowest BCUT2D eigenvalue weighted by Crippen LogP contribution is -2.31. The van der Waals surface area contributed by atoms with Crippen molar-refractivity contribution in [1.29, 1.82) is 0 Å². The van der Waals surface area contributed by atoms with Crippen LogP contribution in [0.4, 0.5) is 4.39 Å². The van der Waals surface area contributed by atoms with Gasteiger partial charge in [0.15, 0.2) is 5.69 Å². The van der Waals surface area contributed by atoms with E-state index in [0.29, 0.717) is 17.9 Å². The highest BCUT2D eigenvalue weighted by molar-refractivity contribution is 5.95. The zero-order chi connectivity index (χ0) is 18.4. The molecule has 6 nitrogen and oxygen atoms in total. The molecule has 2 heterocycles. The van der Waals surface area contributed by atoms with Gasteiger partial charge in [0, 0.05) is 24.3 Å². The summed E-state index contributed by atoms with van der Waals surface area (Å²) in [5.41, 5.74) is 2.83. The number of aromatic nitrogens is 2. The van der Waals surface area contributed by atoms with Crippen LogP contribution in [0.3, 0.4) is 0 Å². The molecule has 1 saturated heterocycles. The highest BCUT2D eigenvalue weighted by atomic mass is 19.1. The lowest BCUT2D eigenvalue weighted by Gasteiger charge is -2.15. The van der Waals surface area contributed by atoms with Gasteiger partial charge in [-0.25, -0.2) is 9.07 Å². The van der Waals surface area contributed by atoms with Crippen LogP contribution in [0.5, 0.6) is 0 Å². The first-order valence-corrected chi connectivity index (χ1v) is 8.84. The number of carboxylic acid groups (broad SMARTS) is 1. The second-order valence-corrected chi connectivity index (χ2v) is 7.15. The number of carbonyl (C=O) groups is 2. The predicted octanol–water partition coefficient (Wildman–Crippen LogP) is 2.29. The monoisotopic (exact) mass is 357 g/mol. The van der Waals surface area contributed by atoms with Gasteiger partial charge in [-0.15, -0.1) is 0 Å². The maximum atomic E-state index is 13.6. The normalized spacial score (nSPS) is 21.8. The van der Waals surface area contributed by atoms with Crippen LogP contribution in [-0.2, 0) is 17.6 Å². The van der Waals surface area contributed by atoms with Gasteiger partial charge >= 0.3 is 5.97 Å². The zero-order valence-corrected chi connectivity index (χ0v) is 14.5.